The van der Waals surface area contributed by atoms with Crippen LogP contribution in [0.5, 0.6) is 11.5 Å². The zero-order valence-corrected chi connectivity index (χ0v) is 19.0. The van der Waals surface area contributed by atoms with Gasteiger partial charge in [-0.3, -0.25) is 9.69 Å². The summed E-state index contributed by atoms with van der Waals surface area (Å²) in [6.45, 7) is 2.46. The van der Waals surface area contributed by atoms with Crippen molar-refractivity contribution in [3.05, 3.63) is 89.7 Å². The molecule has 4 rings (SSSR count). The van der Waals surface area contributed by atoms with Gasteiger partial charge in [-0.15, -0.1) is 0 Å². The fourth-order valence-electron chi connectivity index (χ4n) is 4.40. The number of anilines is 1. The van der Waals surface area contributed by atoms with Gasteiger partial charge in [-0.05, 0) is 67.4 Å². The summed E-state index contributed by atoms with van der Waals surface area (Å²) < 4.78 is 24.3. The minimum absolute atomic E-state index is 0.0633. The molecule has 0 unspecified atom stereocenters. The number of hydrogen-bond donors (Lipinski definition) is 0. The Balaban J connectivity index is 1.50. The summed E-state index contributed by atoms with van der Waals surface area (Å²) in [6.07, 6.45) is 1.68. The predicted octanol–water partition coefficient (Wildman–Crippen LogP) is 5.15. The highest BCUT2D eigenvalue weighted by molar-refractivity contribution is 6.06. The number of ether oxygens (including phenoxy) is 2. The van der Waals surface area contributed by atoms with Gasteiger partial charge in [0.2, 0.25) is 0 Å². The smallest absolute Gasteiger partial charge is 0.258 e. The van der Waals surface area contributed by atoms with E-state index in [0.717, 1.165) is 55.2 Å². The minimum atomic E-state index is -0.348. The summed E-state index contributed by atoms with van der Waals surface area (Å²) in [7, 11) is 3.34. The molecule has 0 radical (unpaired) electrons. The molecule has 0 saturated carbocycles. The van der Waals surface area contributed by atoms with E-state index in [-0.39, 0.29) is 17.8 Å². The summed E-state index contributed by atoms with van der Waals surface area (Å²) in [5.74, 6) is 1.20. The van der Waals surface area contributed by atoms with E-state index in [9.17, 15) is 9.18 Å². The monoisotopic (exact) mass is 448 g/mol. The van der Waals surface area contributed by atoms with Gasteiger partial charge in [0.25, 0.3) is 5.91 Å². The van der Waals surface area contributed by atoms with Crippen LogP contribution >= 0.6 is 0 Å². The lowest BCUT2D eigenvalue weighted by molar-refractivity contribution is 0.0958. The molecule has 0 aliphatic carbocycles. The summed E-state index contributed by atoms with van der Waals surface area (Å²) in [5, 5.41) is 0. The molecule has 3 aromatic carbocycles. The topological polar surface area (TPSA) is 42.0 Å². The van der Waals surface area contributed by atoms with Crippen LogP contribution in [-0.2, 0) is 6.54 Å². The first-order valence-electron chi connectivity index (χ1n) is 11.2. The number of rotatable bonds is 7. The van der Waals surface area contributed by atoms with E-state index in [0.29, 0.717) is 5.56 Å². The molecule has 33 heavy (non-hydrogen) atoms. The van der Waals surface area contributed by atoms with Gasteiger partial charge >= 0.3 is 0 Å². The first kappa shape index (κ1) is 22.8. The largest absolute Gasteiger partial charge is 0.497 e. The zero-order chi connectivity index (χ0) is 23.2. The van der Waals surface area contributed by atoms with E-state index in [4.69, 9.17) is 9.47 Å². The molecule has 1 amide bonds. The van der Waals surface area contributed by atoms with Crippen molar-refractivity contribution in [1.29, 1.82) is 0 Å². The number of halogens is 1. The predicted molar refractivity (Wildman–Crippen MR) is 127 cm³/mol. The van der Waals surface area contributed by atoms with Crippen molar-refractivity contribution in [2.75, 3.05) is 32.2 Å². The number of hydrogen-bond acceptors (Lipinski definition) is 4. The van der Waals surface area contributed by atoms with Crippen LogP contribution in [0.3, 0.4) is 0 Å². The van der Waals surface area contributed by atoms with Crippen LogP contribution in [0.25, 0.3) is 0 Å². The van der Waals surface area contributed by atoms with Crippen molar-refractivity contribution in [3.63, 3.8) is 0 Å². The Hall–Kier alpha value is -3.38. The molecule has 172 valence electrons. The molecular weight excluding hydrogens is 419 g/mol. The maximum atomic E-state index is 13.4. The van der Waals surface area contributed by atoms with Gasteiger partial charge in [-0.2, -0.15) is 0 Å². The third-order valence-electron chi connectivity index (χ3n) is 6.15. The van der Waals surface area contributed by atoms with Crippen LogP contribution in [0, 0.1) is 5.82 Å². The van der Waals surface area contributed by atoms with Crippen LogP contribution in [0.1, 0.15) is 28.8 Å². The highest BCUT2D eigenvalue weighted by atomic mass is 19.1. The van der Waals surface area contributed by atoms with Gasteiger partial charge in [0.15, 0.2) is 0 Å². The Kier molecular flexibility index (Phi) is 7.25. The number of para-hydroxylation sites is 1. The first-order valence-corrected chi connectivity index (χ1v) is 11.2. The normalized spacial score (nSPS) is 14.6. The second kappa shape index (κ2) is 10.5. The number of carbonyl (C=O) groups is 1. The van der Waals surface area contributed by atoms with E-state index in [1.807, 2.05) is 53.4 Å². The van der Waals surface area contributed by atoms with Crippen molar-refractivity contribution in [3.8, 4) is 11.5 Å². The van der Waals surface area contributed by atoms with Gasteiger partial charge in [0.05, 0.1) is 14.2 Å². The average Bonchev–Trinajstić information content (AvgIpc) is 2.86. The molecule has 1 heterocycles. The quantitative estimate of drug-likeness (QED) is 0.501. The van der Waals surface area contributed by atoms with Crippen molar-refractivity contribution in [1.82, 2.24) is 4.90 Å². The van der Waals surface area contributed by atoms with Gasteiger partial charge in [-0.25, -0.2) is 4.39 Å². The van der Waals surface area contributed by atoms with E-state index < -0.39 is 0 Å². The number of methoxy groups -OCH3 is 2. The van der Waals surface area contributed by atoms with Crippen LogP contribution in [0.4, 0.5) is 10.1 Å². The molecule has 6 heteroatoms. The maximum absolute atomic E-state index is 13.4. The van der Waals surface area contributed by atoms with Gasteiger partial charge in [-0.1, -0.05) is 18.2 Å². The third kappa shape index (κ3) is 5.34. The molecule has 5 nitrogen and oxygen atoms in total. The van der Waals surface area contributed by atoms with Gasteiger partial charge in [0, 0.05) is 42.5 Å². The number of nitrogens with zero attached hydrogens (tertiary/aromatic N) is 2. The lowest BCUT2D eigenvalue weighted by Crippen LogP contribution is -2.47. The number of benzene rings is 3. The number of carbonyl (C=O) groups excluding carboxylic acids is 1. The molecule has 0 spiro atoms. The van der Waals surface area contributed by atoms with E-state index in [1.54, 1.807) is 26.4 Å². The molecule has 3 aromatic rings. The number of likely N-dealkylation sites (tertiary alicyclic amines) is 1. The van der Waals surface area contributed by atoms with Gasteiger partial charge in [0.1, 0.15) is 17.3 Å². The number of amides is 1. The SMILES string of the molecule is COc1ccc(OC)c(CN2CCC(N(C(=O)c3ccc(F)cc3)c3ccccc3)CC2)c1. The molecule has 1 fully saturated rings. The Labute approximate surface area is 194 Å². The second-order valence-electron chi connectivity index (χ2n) is 8.20. The molecule has 0 aromatic heterocycles. The van der Waals surface area contributed by atoms with E-state index >= 15 is 0 Å². The van der Waals surface area contributed by atoms with Crippen LogP contribution < -0.4 is 14.4 Å². The summed E-state index contributed by atoms with van der Waals surface area (Å²) in [4.78, 5) is 17.7. The third-order valence-corrected chi connectivity index (χ3v) is 6.15. The summed E-state index contributed by atoms with van der Waals surface area (Å²) >= 11 is 0. The van der Waals surface area contributed by atoms with E-state index in [1.165, 1.54) is 12.1 Å². The summed E-state index contributed by atoms with van der Waals surface area (Å²) in [6, 6.07) is 21.4. The molecule has 0 atom stereocenters. The zero-order valence-electron chi connectivity index (χ0n) is 19.0. The fraction of sp³-hybridized carbons (Fsp3) is 0.296. The molecule has 1 aliphatic rings. The second-order valence-corrected chi connectivity index (χ2v) is 8.20. The maximum Gasteiger partial charge on any atom is 0.258 e. The fourth-order valence-corrected chi connectivity index (χ4v) is 4.40. The van der Waals surface area contributed by atoms with Gasteiger partial charge < -0.3 is 14.4 Å². The summed E-state index contributed by atoms with van der Waals surface area (Å²) in [5.41, 5.74) is 2.43. The minimum Gasteiger partial charge on any atom is -0.497 e. The van der Waals surface area contributed by atoms with Crippen molar-refractivity contribution in [2.45, 2.75) is 25.4 Å². The Bertz CT molecular complexity index is 1060. The molecule has 1 aliphatic heterocycles. The molecular formula is C27H29FN2O3. The van der Waals surface area contributed by atoms with E-state index in [2.05, 4.69) is 4.90 Å². The average molecular weight is 449 g/mol. The Morgan fingerprint density at radius 1 is 0.970 bits per heavy atom. The van der Waals surface area contributed by atoms with Crippen molar-refractivity contribution in [2.24, 2.45) is 0 Å². The number of piperidine rings is 1. The first-order chi connectivity index (χ1) is 16.1. The van der Waals surface area contributed by atoms with Crippen molar-refractivity contribution < 1.29 is 18.7 Å². The Morgan fingerprint density at radius 2 is 1.67 bits per heavy atom. The van der Waals surface area contributed by atoms with Crippen molar-refractivity contribution >= 4 is 11.6 Å². The van der Waals surface area contributed by atoms with Crippen LogP contribution in [0.2, 0.25) is 0 Å². The lowest BCUT2D eigenvalue weighted by atomic mass is 10.00. The highest BCUT2D eigenvalue weighted by Gasteiger charge is 2.30. The molecule has 0 bridgehead atoms. The Morgan fingerprint density at radius 3 is 2.30 bits per heavy atom. The van der Waals surface area contributed by atoms with Crippen LogP contribution in [0.15, 0.2) is 72.8 Å². The standard InChI is InChI=1S/C27H29FN2O3/c1-32-25-12-13-26(33-2)21(18-25)19-29-16-14-24(15-17-29)30(23-6-4-3-5-7-23)27(31)20-8-10-22(28)11-9-20/h3-13,18,24H,14-17,19H2,1-2H3. The molecule has 0 N–H and O–H groups in total. The highest BCUT2D eigenvalue weighted by Crippen LogP contribution is 2.29. The lowest BCUT2D eigenvalue weighted by Gasteiger charge is -2.39. The molecule has 1 saturated heterocycles. The van der Waals surface area contributed by atoms with Crippen LogP contribution in [-0.4, -0.2) is 44.2 Å².